The molecule has 8 heteroatoms. The Labute approximate surface area is 168 Å². The van der Waals surface area contributed by atoms with E-state index in [0.717, 1.165) is 10.9 Å². The van der Waals surface area contributed by atoms with Crippen LogP contribution >= 0.6 is 0 Å². The van der Waals surface area contributed by atoms with E-state index in [1.54, 1.807) is 10.6 Å². The van der Waals surface area contributed by atoms with Crippen molar-refractivity contribution >= 4 is 22.6 Å². The van der Waals surface area contributed by atoms with Crippen LogP contribution in [0.2, 0.25) is 0 Å². The van der Waals surface area contributed by atoms with Gasteiger partial charge in [-0.25, -0.2) is 0 Å². The summed E-state index contributed by atoms with van der Waals surface area (Å²) in [6.45, 7) is 3.50. The first kappa shape index (κ1) is 19.6. The van der Waals surface area contributed by atoms with Gasteiger partial charge in [-0.3, -0.25) is 19.3 Å². The number of ether oxygens (including phenoxy) is 2. The Kier molecular flexibility index (Phi) is 5.92. The van der Waals surface area contributed by atoms with Crippen molar-refractivity contribution in [2.45, 2.75) is 13.0 Å². The maximum atomic E-state index is 12.5. The summed E-state index contributed by atoms with van der Waals surface area (Å²) in [5, 5.41) is 3.74. The molecule has 1 fully saturated rings. The van der Waals surface area contributed by atoms with E-state index < -0.39 is 5.92 Å². The molecule has 8 nitrogen and oxygen atoms in total. The van der Waals surface area contributed by atoms with Crippen molar-refractivity contribution in [1.29, 1.82) is 0 Å². The summed E-state index contributed by atoms with van der Waals surface area (Å²) in [4.78, 5) is 39.3. The van der Waals surface area contributed by atoms with Crippen LogP contribution < -0.4 is 15.6 Å². The lowest BCUT2D eigenvalue weighted by Gasteiger charge is -2.31. The summed E-state index contributed by atoms with van der Waals surface area (Å²) in [5.41, 5.74) is 0.723. The van der Waals surface area contributed by atoms with Crippen molar-refractivity contribution in [3.8, 4) is 5.75 Å². The minimum Gasteiger partial charge on any atom is -0.491 e. The van der Waals surface area contributed by atoms with E-state index in [9.17, 15) is 14.4 Å². The number of nitrogens with zero attached hydrogens (tertiary/aromatic N) is 2. The standard InChI is InChI=1S/C21H25N3O5/c25-19-5-7-23-8-9-24-18-13-16(3-1-15(18)2-4-20(24)26)29-12-11-28-10-6-22-21(27)17(19)14-23/h1-4,13,17H,5-12,14H2,(H,22,27). The van der Waals surface area contributed by atoms with Gasteiger partial charge in [0.15, 0.2) is 0 Å². The lowest BCUT2D eigenvalue weighted by molar-refractivity contribution is -0.137. The van der Waals surface area contributed by atoms with Crippen LogP contribution in [0.3, 0.4) is 0 Å². The van der Waals surface area contributed by atoms with Crippen LogP contribution in [0.25, 0.3) is 10.9 Å². The van der Waals surface area contributed by atoms with Crippen molar-refractivity contribution < 1.29 is 19.1 Å². The molecule has 2 aliphatic heterocycles. The van der Waals surface area contributed by atoms with Gasteiger partial charge in [0, 0.05) is 51.3 Å². The third-order valence-corrected chi connectivity index (χ3v) is 5.47. The molecule has 1 saturated heterocycles. The van der Waals surface area contributed by atoms with Crippen LogP contribution in [0.5, 0.6) is 5.75 Å². The summed E-state index contributed by atoms with van der Waals surface area (Å²) in [7, 11) is 0. The number of nitrogens with one attached hydrogen (secondary N) is 1. The summed E-state index contributed by atoms with van der Waals surface area (Å²) in [6, 6.07) is 9.07. The van der Waals surface area contributed by atoms with Gasteiger partial charge in [0.2, 0.25) is 5.91 Å². The van der Waals surface area contributed by atoms with Crippen LogP contribution in [0.15, 0.2) is 35.1 Å². The van der Waals surface area contributed by atoms with Crippen LogP contribution in [0.1, 0.15) is 6.42 Å². The Hall–Kier alpha value is -2.71. The molecular weight excluding hydrogens is 374 g/mol. The number of hydrogen-bond acceptors (Lipinski definition) is 6. The highest BCUT2D eigenvalue weighted by Crippen LogP contribution is 2.20. The zero-order valence-electron chi connectivity index (χ0n) is 16.3. The quantitative estimate of drug-likeness (QED) is 0.646. The average molecular weight is 399 g/mol. The number of Topliss-reactive ketones (excluding diaryl/α,β-unsaturated/α-hetero) is 1. The normalized spacial score (nSPS) is 24.0. The molecule has 154 valence electrons. The molecular formula is C21H25N3O5. The zero-order chi connectivity index (χ0) is 20.2. The lowest BCUT2D eigenvalue weighted by Crippen LogP contribution is -2.49. The molecule has 1 N–H and O–H groups in total. The smallest absolute Gasteiger partial charge is 0.251 e. The first-order valence-corrected chi connectivity index (χ1v) is 9.99. The third-order valence-electron chi connectivity index (χ3n) is 5.47. The Balaban J connectivity index is 1.62. The van der Waals surface area contributed by atoms with Gasteiger partial charge >= 0.3 is 0 Å². The number of hydrogen-bond donors (Lipinski definition) is 1. The minimum atomic E-state index is -0.668. The van der Waals surface area contributed by atoms with Crippen molar-refractivity contribution in [3.05, 3.63) is 40.7 Å². The lowest BCUT2D eigenvalue weighted by atomic mass is 9.95. The van der Waals surface area contributed by atoms with Gasteiger partial charge in [-0.2, -0.15) is 0 Å². The predicted octanol–water partition coefficient (Wildman–Crippen LogP) is 0.418. The largest absolute Gasteiger partial charge is 0.491 e. The maximum Gasteiger partial charge on any atom is 0.251 e. The number of fused-ring (bicyclic) bond motifs is 3. The van der Waals surface area contributed by atoms with Gasteiger partial charge in [-0.05, 0) is 23.6 Å². The Morgan fingerprint density at radius 2 is 1.83 bits per heavy atom. The van der Waals surface area contributed by atoms with E-state index in [-0.39, 0.29) is 17.2 Å². The van der Waals surface area contributed by atoms with E-state index in [1.165, 1.54) is 0 Å². The number of ketones is 1. The molecule has 1 aromatic carbocycles. The second-order valence-corrected chi connectivity index (χ2v) is 7.37. The number of aromatic nitrogens is 1. The topological polar surface area (TPSA) is 89.9 Å². The maximum absolute atomic E-state index is 12.5. The summed E-state index contributed by atoms with van der Waals surface area (Å²) in [6.07, 6.45) is 0.344. The van der Waals surface area contributed by atoms with E-state index >= 15 is 0 Å². The molecule has 0 saturated carbocycles. The van der Waals surface area contributed by atoms with Crippen molar-refractivity contribution in [3.63, 3.8) is 0 Å². The number of pyridine rings is 1. The number of carbonyl (C=O) groups excluding carboxylic acids is 2. The predicted molar refractivity (Wildman–Crippen MR) is 107 cm³/mol. The molecule has 0 aliphatic carbocycles. The van der Waals surface area contributed by atoms with Gasteiger partial charge in [0.1, 0.15) is 24.1 Å². The highest BCUT2D eigenvalue weighted by atomic mass is 16.5. The molecule has 1 amide bonds. The molecule has 2 unspecified atom stereocenters. The van der Waals surface area contributed by atoms with Crippen molar-refractivity contribution in [2.75, 3.05) is 46.0 Å². The fourth-order valence-corrected chi connectivity index (χ4v) is 3.85. The third kappa shape index (κ3) is 4.49. The molecule has 0 radical (unpaired) electrons. The molecule has 2 aliphatic rings. The fourth-order valence-electron chi connectivity index (χ4n) is 3.85. The van der Waals surface area contributed by atoms with Crippen LogP contribution in [-0.4, -0.2) is 67.2 Å². The SMILES string of the molecule is O=C1CCN2CCn3c(=O)ccc4ccc(cc43)OCCOCCNC(=O)C1C2. The number of benzene rings is 1. The molecule has 2 atom stereocenters. The average Bonchev–Trinajstić information content (AvgIpc) is 2.72. The number of amides is 1. The molecule has 3 heterocycles. The van der Waals surface area contributed by atoms with E-state index in [0.29, 0.717) is 64.7 Å². The molecule has 0 spiro atoms. The van der Waals surface area contributed by atoms with Gasteiger partial charge in [0.25, 0.3) is 5.56 Å². The Morgan fingerprint density at radius 1 is 0.966 bits per heavy atom. The first-order chi connectivity index (χ1) is 14.1. The van der Waals surface area contributed by atoms with E-state index in [1.807, 2.05) is 24.3 Å². The monoisotopic (exact) mass is 399 g/mol. The molecule has 4 bridgehead atoms. The summed E-state index contributed by atoms with van der Waals surface area (Å²) in [5.74, 6) is -0.270. The Morgan fingerprint density at radius 3 is 2.72 bits per heavy atom. The summed E-state index contributed by atoms with van der Waals surface area (Å²) < 4.78 is 13.0. The van der Waals surface area contributed by atoms with Gasteiger partial charge in [-0.1, -0.05) is 0 Å². The highest BCUT2D eigenvalue weighted by molar-refractivity contribution is 6.02. The second-order valence-electron chi connectivity index (χ2n) is 7.37. The van der Waals surface area contributed by atoms with E-state index in [2.05, 4.69) is 10.2 Å². The minimum absolute atomic E-state index is 0.0297. The van der Waals surface area contributed by atoms with Gasteiger partial charge < -0.3 is 19.4 Å². The molecule has 2 aromatic rings. The molecule has 4 rings (SSSR count). The summed E-state index contributed by atoms with van der Waals surface area (Å²) >= 11 is 0. The van der Waals surface area contributed by atoms with Crippen molar-refractivity contribution in [2.24, 2.45) is 5.92 Å². The highest BCUT2D eigenvalue weighted by Gasteiger charge is 2.32. The van der Waals surface area contributed by atoms with Crippen LogP contribution in [-0.2, 0) is 20.9 Å². The molecule has 29 heavy (non-hydrogen) atoms. The Bertz CT molecular complexity index is 970. The van der Waals surface area contributed by atoms with E-state index in [4.69, 9.17) is 9.47 Å². The van der Waals surface area contributed by atoms with Crippen LogP contribution in [0, 0.1) is 5.92 Å². The zero-order valence-corrected chi connectivity index (χ0v) is 16.3. The van der Waals surface area contributed by atoms with Crippen molar-refractivity contribution in [1.82, 2.24) is 14.8 Å². The number of carbonyl (C=O) groups is 2. The van der Waals surface area contributed by atoms with Crippen LogP contribution in [0.4, 0.5) is 0 Å². The van der Waals surface area contributed by atoms with Gasteiger partial charge in [0.05, 0.1) is 18.7 Å². The second kappa shape index (κ2) is 8.75. The fraction of sp³-hybridized carbons (Fsp3) is 0.476. The number of piperidine rings is 1. The number of rotatable bonds is 0. The first-order valence-electron chi connectivity index (χ1n) is 9.99. The van der Waals surface area contributed by atoms with Gasteiger partial charge in [-0.15, -0.1) is 0 Å². The molecule has 1 aromatic heterocycles.